The van der Waals surface area contributed by atoms with E-state index in [0.717, 1.165) is 52.1 Å². The molecule has 0 aliphatic carbocycles. The molecule has 0 radical (unpaired) electrons. The van der Waals surface area contributed by atoms with E-state index in [2.05, 4.69) is 41.3 Å². The summed E-state index contributed by atoms with van der Waals surface area (Å²) in [4.78, 5) is 17.2. The van der Waals surface area contributed by atoms with Crippen molar-refractivity contribution in [2.75, 3.05) is 46.3 Å². The van der Waals surface area contributed by atoms with E-state index >= 15 is 0 Å². The van der Waals surface area contributed by atoms with E-state index in [1.165, 1.54) is 6.42 Å². The fourth-order valence-corrected chi connectivity index (χ4v) is 3.34. The van der Waals surface area contributed by atoms with Crippen molar-refractivity contribution in [3.63, 3.8) is 0 Å². The molecule has 1 amide bonds. The van der Waals surface area contributed by atoms with Gasteiger partial charge < -0.3 is 15.5 Å². The molecule has 1 unspecified atom stereocenters. The molecule has 2 atom stereocenters. The molecular weight excluding hydrogens is 264 g/mol. The number of hydrogen-bond acceptors (Lipinski definition) is 4. The van der Waals surface area contributed by atoms with Crippen LogP contribution in [0.1, 0.15) is 33.1 Å². The van der Waals surface area contributed by atoms with E-state index in [1.54, 1.807) is 0 Å². The van der Waals surface area contributed by atoms with Gasteiger partial charge in [-0.15, -0.1) is 0 Å². The third-order valence-corrected chi connectivity index (χ3v) is 4.89. The van der Waals surface area contributed by atoms with Crippen LogP contribution in [0.4, 0.5) is 0 Å². The van der Waals surface area contributed by atoms with Gasteiger partial charge in [-0.3, -0.25) is 9.69 Å². The first-order valence-electron chi connectivity index (χ1n) is 8.51. The number of nitrogens with zero attached hydrogens (tertiary/aromatic N) is 2. The van der Waals surface area contributed by atoms with Gasteiger partial charge >= 0.3 is 0 Å². The van der Waals surface area contributed by atoms with Crippen LogP contribution in [0.25, 0.3) is 0 Å². The highest BCUT2D eigenvalue weighted by atomic mass is 16.2. The lowest BCUT2D eigenvalue weighted by Gasteiger charge is -2.40. The van der Waals surface area contributed by atoms with Gasteiger partial charge in [0.2, 0.25) is 5.91 Å². The highest BCUT2D eigenvalue weighted by Gasteiger charge is 2.27. The van der Waals surface area contributed by atoms with E-state index < -0.39 is 0 Å². The van der Waals surface area contributed by atoms with Crippen LogP contribution in [0.3, 0.4) is 0 Å². The van der Waals surface area contributed by atoms with Crippen LogP contribution in [0.15, 0.2) is 0 Å². The van der Waals surface area contributed by atoms with Gasteiger partial charge in [0.1, 0.15) is 0 Å². The average molecular weight is 296 g/mol. The number of amides is 1. The van der Waals surface area contributed by atoms with Gasteiger partial charge in [-0.1, -0.05) is 20.3 Å². The van der Waals surface area contributed by atoms with Gasteiger partial charge in [-0.25, -0.2) is 0 Å². The van der Waals surface area contributed by atoms with Crippen molar-refractivity contribution in [2.24, 2.45) is 5.92 Å². The second-order valence-electron chi connectivity index (χ2n) is 6.90. The lowest BCUT2D eigenvalue weighted by atomic mass is 10.0. The van der Waals surface area contributed by atoms with Crippen molar-refractivity contribution in [2.45, 2.75) is 45.2 Å². The Bertz CT molecular complexity index is 320. The topological polar surface area (TPSA) is 47.6 Å². The first-order chi connectivity index (χ1) is 10.1. The van der Waals surface area contributed by atoms with Crippen molar-refractivity contribution >= 4 is 5.91 Å². The smallest absolute Gasteiger partial charge is 0.237 e. The fourth-order valence-electron chi connectivity index (χ4n) is 3.34. The van der Waals surface area contributed by atoms with Crippen LogP contribution in [0.2, 0.25) is 0 Å². The lowest BCUT2D eigenvalue weighted by molar-refractivity contribution is -0.124. The molecule has 2 rings (SSSR count). The molecule has 5 heteroatoms. The Morgan fingerprint density at radius 1 is 1.24 bits per heavy atom. The van der Waals surface area contributed by atoms with Crippen molar-refractivity contribution in [3.05, 3.63) is 0 Å². The standard InChI is InChI=1S/C16H32N4O/c1-13(2)15(20-10-8-19(3)9-11-20)12-18-16(21)14-6-4-5-7-17-14/h13-15,17H,4-12H2,1-3H3,(H,18,21)/t14-,15?/m0/s1. The first-order valence-corrected chi connectivity index (χ1v) is 8.51. The third-order valence-electron chi connectivity index (χ3n) is 4.89. The number of carbonyl (C=O) groups is 1. The maximum atomic E-state index is 12.3. The second-order valence-corrected chi connectivity index (χ2v) is 6.90. The summed E-state index contributed by atoms with van der Waals surface area (Å²) in [5, 5.41) is 6.51. The van der Waals surface area contributed by atoms with Gasteiger partial charge in [0, 0.05) is 38.8 Å². The molecule has 0 saturated carbocycles. The summed E-state index contributed by atoms with van der Waals surface area (Å²) in [5.74, 6) is 0.752. The Kier molecular flexibility index (Phi) is 6.45. The average Bonchev–Trinajstić information content (AvgIpc) is 2.49. The summed E-state index contributed by atoms with van der Waals surface area (Å²) in [6.45, 7) is 10.7. The van der Waals surface area contributed by atoms with Crippen LogP contribution < -0.4 is 10.6 Å². The molecule has 5 nitrogen and oxygen atoms in total. The second kappa shape index (κ2) is 8.11. The highest BCUT2D eigenvalue weighted by molar-refractivity contribution is 5.81. The molecule has 0 spiro atoms. The number of hydrogen-bond donors (Lipinski definition) is 2. The zero-order valence-electron chi connectivity index (χ0n) is 13.9. The molecule has 2 heterocycles. The van der Waals surface area contributed by atoms with E-state index in [4.69, 9.17) is 0 Å². The number of piperazine rings is 1. The number of likely N-dealkylation sites (N-methyl/N-ethyl adjacent to an activating group) is 1. The van der Waals surface area contributed by atoms with Gasteiger partial charge in [-0.2, -0.15) is 0 Å². The molecular formula is C16H32N4O. The Morgan fingerprint density at radius 3 is 2.52 bits per heavy atom. The van der Waals surface area contributed by atoms with Crippen LogP contribution in [-0.2, 0) is 4.79 Å². The van der Waals surface area contributed by atoms with Crippen LogP contribution in [0, 0.1) is 5.92 Å². The van der Waals surface area contributed by atoms with E-state index in [9.17, 15) is 4.79 Å². The van der Waals surface area contributed by atoms with Crippen molar-refractivity contribution in [3.8, 4) is 0 Å². The first kappa shape index (κ1) is 16.7. The predicted octanol–water partition coefficient (Wildman–Crippen LogP) is 0.517. The Labute approximate surface area is 129 Å². The molecule has 2 saturated heterocycles. The maximum Gasteiger partial charge on any atom is 0.237 e. The maximum absolute atomic E-state index is 12.3. The molecule has 2 N–H and O–H groups in total. The van der Waals surface area contributed by atoms with E-state index in [-0.39, 0.29) is 11.9 Å². The summed E-state index contributed by atoms with van der Waals surface area (Å²) in [6, 6.07) is 0.477. The van der Waals surface area contributed by atoms with Crippen molar-refractivity contribution in [1.29, 1.82) is 0 Å². The number of rotatable bonds is 5. The Balaban J connectivity index is 1.80. The summed E-state index contributed by atoms with van der Waals surface area (Å²) in [7, 11) is 2.18. The number of nitrogens with one attached hydrogen (secondary N) is 2. The van der Waals surface area contributed by atoms with Crippen molar-refractivity contribution in [1.82, 2.24) is 20.4 Å². The third kappa shape index (κ3) is 4.94. The quantitative estimate of drug-likeness (QED) is 0.776. The monoisotopic (exact) mass is 296 g/mol. The molecule has 2 aliphatic heterocycles. The zero-order chi connectivity index (χ0) is 15.2. The van der Waals surface area contributed by atoms with Gasteiger partial charge in [0.25, 0.3) is 0 Å². The molecule has 122 valence electrons. The number of piperidine rings is 1. The van der Waals surface area contributed by atoms with E-state index in [0.29, 0.717) is 12.0 Å². The van der Waals surface area contributed by atoms with Gasteiger partial charge in [0.15, 0.2) is 0 Å². The molecule has 0 bridgehead atoms. The Hall–Kier alpha value is -0.650. The molecule has 0 aromatic heterocycles. The highest BCUT2D eigenvalue weighted by Crippen LogP contribution is 2.13. The van der Waals surface area contributed by atoms with E-state index in [1.807, 2.05) is 0 Å². The molecule has 0 aromatic rings. The molecule has 21 heavy (non-hydrogen) atoms. The fraction of sp³-hybridized carbons (Fsp3) is 0.938. The normalized spacial score (nSPS) is 26.8. The minimum Gasteiger partial charge on any atom is -0.353 e. The van der Waals surface area contributed by atoms with Gasteiger partial charge in [-0.05, 0) is 32.4 Å². The van der Waals surface area contributed by atoms with Crippen molar-refractivity contribution < 1.29 is 4.79 Å². The predicted molar refractivity (Wildman–Crippen MR) is 86.3 cm³/mol. The summed E-state index contributed by atoms with van der Waals surface area (Å²) >= 11 is 0. The minimum atomic E-state index is 0.0269. The zero-order valence-corrected chi connectivity index (χ0v) is 13.9. The van der Waals surface area contributed by atoms with Crippen LogP contribution >= 0.6 is 0 Å². The van der Waals surface area contributed by atoms with Crippen LogP contribution in [-0.4, -0.2) is 74.1 Å². The largest absolute Gasteiger partial charge is 0.353 e. The minimum absolute atomic E-state index is 0.0269. The molecule has 0 aromatic carbocycles. The lowest BCUT2D eigenvalue weighted by Crippen LogP contribution is -2.56. The summed E-state index contributed by atoms with van der Waals surface area (Å²) in [6.07, 6.45) is 3.34. The Morgan fingerprint density at radius 2 is 1.95 bits per heavy atom. The summed E-state index contributed by atoms with van der Waals surface area (Å²) in [5.41, 5.74) is 0. The number of carbonyl (C=O) groups excluding carboxylic acids is 1. The van der Waals surface area contributed by atoms with Crippen LogP contribution in [0.5, 0.6) is 0 Å². The SMILES string of the molecule is CC(C)C(CNC(=O)[C@@H]1CCCCN1)N1CCN(C)CC1. The molecule has 2 fully saturated rings. The molecule has 2 aliphatic rings. The van der Waals surface area contributed by atoms with Gasteiger partial charge in [0.05, 0.1) is 6.04 Å². The summed E-state index contributed by atoms with van der Waals surface area (Å²) < 4.78 is 0.